The molecule has 1 nitrogen and oxygen atoms in total. The van der Waals surface area contributed by atoms with Crippen LogP contribution in [0.25, 0.3) is 0 Å². The molecule has 0 radical (unpaired) electrons. The molecule has 1 aromatic rings. The SMILES string of the molecule is C=C=NCc1ccccc1.CC.CC. The first-order valence-electron chi connectivity index (χ1n) is 5.16. The van der Waals surface area contributed by atoms with Gasteiger partial charge in [-0.3, -0.25) is 0 Å². The molecule has 78 valence electrons. The highest BCUT2D eigenvalue weighted by Crippen LogP contribution is 1.98. The molecule has 0 aliphatic rings. The van der Waals surface area contributed by atoms with Gasteiger partial charge in [0.1, 0.15) is 0 Å². The Morgan fingerprint density at radius 3 is 2.00 bits per heavy atom. The molecule has 0 fully saturated rings. The third-order valence-electron chi connectivity index (χ3n) is 1.22. The van der Waals surface area contributed by atoms with Gasteiger partial charge in [-0.2, -0.15) is 0 Å². The maximum Gasteiger partial charge on any atom is 0.0734 e. The van der Waals surface area contributed by atoms with Gasteiger partial charge in [-0.15, -0.1) is 0 Å². The third kappa shape index (κ3) is 8.76. The highest BCUT2D eigenvalue weighted by Gasteiger charge is 1.83. The maximum absolute atomic E-state index is 3.88. The molecule has 1 aromatic carbocycles. The van der Waals surface area contributed by atoms with Gasteiger partial charge in [0.05, 0.1) is 6.54 Å². The Morgan fingerprint density at radius 2 is 1.57 bits per heavy atom. The predicted octanol–water partition coefficient (Wildman–Crippen LogP) is 4.09. The van der Waals surface area contributed by atoms with E-state index in [1.807, 2.05) is 58.0 Å². The standard InChI is InChI=1S/C9H9N.2C2H6/c1-2-10-8-9-6-4-3-5-7-9;2*1-2/h3-7H,1,8H2;2*1-2H3. The molecule has 0 saturated heterocycles. The van der Waals surface area contributed by atoms with Crippen molar-refractivity contribution in [2.24, 2.45) is 4.99 Å². The molecular weight excluding hydrogens is 170 g/mol. The Balaban J connectivity index is 0. The summed E-state index contributed by atoms with van der Waals surface area (Å²) < 4.78 is 0. The summed E-state index contributed by atoms with van der Waals surface area (Å²) in [5, 5.41) is 0. The van der Waals surface area contributed by atoms with Crippen molar-refractivity contribution in [3.63, 3.8) is 0 Å². The third-order valence-corrected chi connectivity index (χ3v) is 1.22. The zero-order chi connectivity index (χ0) is 11.2. The number of benzene rings is 1. The van der Waals surface area contributed by atoms with Crippen molar-refractivity contribution >= 4 is 5.87 Å². The summed E-state index contributed by atoms with van der Waals surface area (Å²) in [6.07, 6.45) is 0. The molecule has 0 aromatic heterocycles. The molecule has 0 atom stereocenters. The monoisotopic (exact) mass is 191 g/mol. The van der Waals surface area contributed by atoms with Crippen LogP contribution in [-0.2, 0) is 6.54 Å². The number of aliphatic imine (C=N–C) groups is 1. The minimum Gasteiger partial charge on any atom is -0.239 e. The second-order valence-corrected chi connectivity index (χ2v) is 1.96. The van der Waals surface area contributed by atoms with Crippen LogP contribution < -0.4 is 0 Å². The van der Waals surface area contributed by atoms with Crippen molar-refractivity contribution in [3.8, 4) is 0 Å². The number of rotatable bonds is 2. The van der Waals surface area contributed by atoms with Gasteiger partial charge in [0.2, 0.25) is 0 Å². The summed E-state index contributed by atoms with van der Waals surface area (Å²) in [6, 6.07) is 10.0. The molecule has 0 heterocycles. The second kappa shape index (κ2) is 14.2. The average Bonchev–Trinajstić information content (AvgIpc) is 2.33. The smallest absolute Gasteiger partial charge is 0.0734 e. The molecule has 0 N–H and O–H groups in total. The van der Waals surface area contributed by atoms with Gasteiger partial charge in [0.25, 0.3) is 0 Å². The zero-order valence-corrected chi connectivity index (χ0v) is 9.75. The predicted molar refractivity (Wildman–Crippen MR) is 65.9 cm³/mol. The first-order valence-corrected chi connectivity index (χ1v) is 5.16. The van der Waals surface area contributed by atoms with Crippen molar-refractivity contribution in [1.29, 1.82) is 0 Å². The Morgan fingerprint density at radius 1 is 1.07 bits per heavy atom. The van der Waals surface area contributed by atoms with Gasteiger partial charge in [0.15, 0.2) is 0 Å². The van der Waals surface area contributed by atoms with Crippen LogP contribution in [0.4, 0.5) is 0 Å². The van der Waals surface area contributed by atoms with Crippen LogP contribution in [0, 0.1) is 0 Å². The summed E-state index contributed by atoms with van der Waals surface area (Å²) >= 11 is 0. The largest absolute Gasteiger partial charge is 0.239 e. The van der Waals surface area contributed by atoms with Crippen LogP contribution in [0.15, 0.2) is 41.9 Å². The van der Waals surface area contributed by atoms with Crippen molar-refractivity contribution in [2.75, 3.05) is 0 Å². The quantitative estimate of drug-likeness (QED) is 0.624. The van der Waals surface area contributed by atoms with Crippen molar-refractivity contribution < 1.29 is 0 Å². The van der Waals surface area contributed by atoms with Crippen LogP contribution in [0.1, 0.15) is 33.3 Å². The Labute approximate surface area is 88.2 Å². The summed E-state index contributed by atoms with van der Waals surface area (Å²) in [5.74, 6) is 2.49. The fraction of sp³-hybridized carbons (Fsp3) is 0.385. The van der Waals surface area contributed by atoms with Crippen LogP contribution in [-0.4, -0.2) is 5.87 Å². The van der Waals surface area contributed by atoms with Crippen molar-refractivity contribution in [1.82, 2.24) is 0 Å². The van der Waals surface area contributed by atoms with Gasteiger partial charge in [-0.25, -0.2) is 4.99 Å². The fourth-order valence-electron chi connectivity index (χ4n) is 0.731. The lowest BCUT2D eigenvalue weighted by Gasteiger charge is -1.90. The second-order valence-electron chi connectivity index (χ2n) is 1.96. The lowest BCUT2D eigenvalue weighted by atomic mass is 10.2. The molecule has 1 heteroatoms. The highest BCUT2D eigenvalue weighted by atomic mass is 14.7. The average molecular weight is 191 g/mol. The first kappa shape index (κ1) is 15.2. The number of hydrogen-bond donors (Lipinski definition) is 0. The summed E-state index contributed by atoms with van der Waals surface area (Å²) in [7, 11) is 0. The number of nitrogens with zero attached hydrogens (tertiary/aromatic N) is 1. The van der Waals surface area contributed by atoms with E-state index in [4.69, 9.17) is 0 Å². The Kier molecular flexibility index (Phi) is 15.4. The topological polar surface area (TPSA) is 12.4 Å². The molecule has 14 heavy (non-hydrogen) atoms. The molecule has 0 bridgehead atoms. The molecule has 0 unspecified atom stereocenters. The normalized spacial score (nSPS) is 6.86. The van der Waals surface area contributed by atoms with Gasteiger partial charge < -0.3 is 0 Å². The molecular formula is C13H21N. The summed E-state index contributed by atoms with van der Waals surface area (Å²) in [5.41, 5.74) is 1.19. The van der Waals surface area contributed by atoms with Crippen LogP contribution >= 0.6 is 0 Å². The van der Waals surface area contributed by atoms with Crippen molar-refractivity contribution in [2.45, 2.75) is 34.2 Å². The lowest BCUT2D eigenvalue weighted by Crippen LogP contribution is -1.77. The fourth-order valence-corrected chi connectivity index (χ4v) is 0.731. The van der Waals surface area contributed by atoms with E-state index >= 15 is 0 Å². The van der Waals surface area contributed by atoms with Crippen LogP contribution in [0.3, 0.4) is 0 Å². The molecule has 0 saturated carbocycles. The molecule has 0 amide bonds. The molecule has 0 aliphatic heterocycles. The van der Waals surface area contributed by atoms with E-state index in [0.29, 0.717) is 6.54 Å². The van der Waals surface area contributed by atoms with E-state index in [1.165, 1.54) is 5.56 Å². The molecule has 0 aliphatic carbocycles. The lowest BCUT2D eigenvalue weighted by molar-refractivity contribution is 1.08. The van der Waals surface area contributed by atoms with Gasteiger partial charge in [-0.05, 0) is 18.0 Å². The minimum atomic E-state index is 0.685. The van der Waals surface area contributed by atoms with E-state index in [2.05, 4.69) is 17.4 Å². The van der Waals surface area contributed by atoms with Crippen LogP contribution in [0.2, 0.25) is 0 Å². The molecule has 0 spiro atoms. The zero-order valence-electron chi connectivity index (χ0n) is 9.75. The Bertz CT molecular complexity index is 233. The minimum absolute atomic E-state index is 0.685. The van der Waals surface area contributed by atoms with Gasteiger partial charge in [-0.1, -0.05) is 58.0 Å². The first-order chi connectivity index (χ1) is 6.93. The van der Waals surface area contributed by atoms with E-state index in [9.17, 15) is 0 Å². The highest BCUT2D eigenvalue weighted by molar-refractivity contribution is 5.46. The summed E-state index contributed by atoms with van der Waals surface area (Å²) in [4.78, 5) is 3.88. The van der Waals surface area contributed by atoms with E-state index in [-0.39, 0.29) is 0 Å². The van der Waals surface area contributed by atoms with Crippen LogP contribution in [0.5, 0.6) is 0 Å². The molecule has 1 rings (SSSR count). The van der Waals surface area contributed by atoms with E-state index < -0.39 is 0 Å². The number of hydrogen-bond acceptors (Lipinski definition) is 1. The van der Waals surface area contributed by atoms with E-state index in [1.54, 1.807) is 0 Å². The maximum atomic E-state index is 3.88. The Hall–Kier alpha value is -1.33. The van der Waals surface area contributed by atoms with Gasteiger partial charge >= 0.3 is 0 Å². The summed E-state index contributed by atoms with van der Waals surface area (Å²) in [6.45, 7) is 12.1. The van der Waals surface area contributed by atoms with E-state index in [0.717, 1.165) is 0 Å². The van der Waals surface area contributed by atoms with Crippen molar-refractivity contribution in [3.05, 3.63) is 42.5 Å². The van der Waals surface area contributed by atoms with Gasteiger partial charge in [0, 0.05) is 0 Å².